The van der Waals surface area contributed by atoms with Gasteiger partial charge in [0.15, 0.2) is 0 Å². The summed E-state index contributed by atoms with van der Waals surface area (Å²) in [6.45, 7) is 4.84. The van der Waals surface area contributed by atoms with Crippen molar-refractivity contribution in [3.8, 4) is 22.3 Å². The first kappa shape index (κ1) is 33.2. The van der Waals surface area contributed by atoms with E-state index in [-0.39, 0.29) is 5.41 Å². The molecule has 0 saturated carbocycles. The molecule has 0 aromatic heterocycles. The predicted octanol–water partition coefficient (Wildman–Crippen LogP) is 15.5. The minimum atomic E-state index is -0.217. The van der Waals surface area contributed by atoms with Crippen LogP contribution in [0, 0.1) is 0 Å². The Morgan fingerprint density at radius 2 is 0.825 bits per heavy atom. The van der Waals surface area contributed by atoms with Gasteiger partial charge in [-0.1, -0.05) is 141 Å². The Kier molecular flexibility index (Phi) is 7.55. The standard InChI is InChI=1S/C55H40N2/c1-55(2)50-36-44(57(41-22-11-5-12-23-41)42-24-13-6-14-25-42)33-34-46(50)53-47-27-16-26-45-49(35-38-17-15-28-48(54(53)55)51(38)52(45)47)37-29-31-43(32-30-37)56(39-18-7-3-8-19-39)40-20-9-4-10-21-40/h3-36H,1-2H3. The van der Waals surface area contributed by atoms with E-state index in [1.165, 1.54) is 65.7 Å². The molecule has 1 aliphatic carbocycles. The minimum Gasteiger partial charge on any atom is -0.311 e. The van der Waals surface area contributed by atoms with E-state index in [0.717, 1.165) is 34.1 Å². The summed E-state index contributed by atoms with van der Waals surface area (Å²) in [7, 11) is 0. The zero-order valence-electron chi connectivity index (χ0n) is 32.0. The van der Waals surface area contributed by atoms with E-state index in [1.807, 2.05) is 0 Å². The number of rotatable bonds is 7. The third kappa shape index (κ3) is 5.18. The summed E-state index contributed by atoms with van der Waals surface area (Å²) in [6.07, 6.45) is 0. The summed E-state index contributed by atoms with van der Waals surface area (Å²) in [5, 5.41) is 7.95. The summed E-state index contributed by atoms with van der Waals surface area (Å²) in [5.74, 6) is 0. The lowest BCUT2D eigenvalue weighted by Crippen LogP contribution is -2.17. The fourth-order valence-corrected chi connectivity index (χ4v) is 9.64. The van der Waals surface area contributed by atoms with Gasteiger partial charge in [0, 0.05) is 39.5 Å². The largest absolute Gasteiger partial charge is 0.311 e. The van der Waals surface area contributed by atoms with Crippen molar-refractivity contribution in [3.63, 3.8) is 0 Å². The number of benzene rings is 10. The molecule has 0 bridgehead atoms. The van der Waals surface area contributed by atoms with Gasteiger partial charge in [0.1, 0.15) is 0 Å². The van der Waals surface area contributed by atoms with Crippen LogP contribution in [-0.4, -0.2) is 0 Å². The van der Waals surface area contributed by atoms with Crippen LogP contribution >= 0.6 is 0 Å². The first-order valence-corrected chi connectivity index (χ1v) is 19.9. The average Bonchev–Trinajstić information content (AvgIpc) is 3.51. The Balaban J connectivity index is 1.09. The minimum absolute atomic E-state index is 0.217. The van der Waals surface area contributed by atoms with E-state index in [2.05, 4.69) is 230 Å². The van der Waals surface area contributed by atoms with Gasteiger partial charge in [-0.15, -0.1) is 0 Å². The first-order chi connectivity index (χ1) is 28.1. The van der Waals surface area contributed by atoms with Gasteiger partial charge in [0.2, 0.25) is 0 Å². The van der Waals surface area contributed by atoms with Crippen molar-refractivity contribution < 1.29 is 0 Å². The highest BCUT2D eigenvalue weighted by Gasteiger charge is 2.39. The third-order valence-corrected chi connectivity index (χ3v) is 12.1. The molecule has 270 valence electrons. The van der Waals surface area contributed by atoms with Crippen molar-refractivity contribution in [2.75, 3.05) is 9.80 Å². The average molecular weight is 729 g/mol. The number of para-hydroxylation sites is 4. The predicted molar refractivity (Wildman–Crippen MR) is 243 cm³/mol. The van der Waals surface area contributed by atoms with E-state index in [9.17, 15) is 0 Å². The van der Waals surface area contributed by atoms with E-state index < -0.39 is 0 Å². The lowest BCUT2D eigenvalue weighted by Gasteiger charge is -2.28. The summed E-state index contributed by atoms with van der Waals surface area (Å²) < 4.78 is 0. The first-order valence-electron chi connectivity index (χ1n) is 19.9. The smallest absolute Gasteiger partial charge is 0.0465 e. The van der Waals surface area contributed by atoms with Gasteiger partial charge in [-0.05, 0) is 145 Å². The van der Waals surface area contributed by atoms with Gasteiger partial charge in [0.05, 0.1) is 0 Å². The van der Waals surface area contributed by atoms with E-state index >= 15 is 0 Å². The zero-order valence-corrected chi connectivity index (χ0v) is 32.0. The molecule has 0 aliphatic heterocycles. The van der Waals surface area contributed by atoms with Gasteiger partial charge in [-0.2, -0.15) is 0 Å². The maximum atomic E-state index is 2.44. The Bertz CT molecular complexity index is 2980. The van der Waals surface area contributed by atoms with Crippen LogP contribution < -0.4 is 9.80 Å². The normalized spacial score (nSPS) is 12.9. The molecule has 0 heterocycles. The molecule has 2 nitrogen and oxygen atoms in total. The van der Waals surface area contributed by atoms with Crippen LogP contribution in [0.5, 0.6) is 0 Å². The van der Waals surface area contributed by atoms with Crippen LogP contribution in [0.2, 0.25) is 0 Å². The van der Waals surface area contributed by atoms with E-state index in [4.69, 9.17) is 0 Å². The third-order valence-electron chi connectivity index (χ3n) is 12.1. The number of hydrogen-bond acceptors (Lipinski definition) is 2. The highest BCUT2D eigenvalue weighted by Crippen LogP contribution is 2.57. The number of nitrogens with zero attached hydrogens (tertiary/aromatic N) is 2. The Labute approximate surface area is 333 Å². The molecule has 10 aromatic rings. The Morgan fingerprint density at radius 1 is 0.351 bits per heavy atom. The highest BCUT2D eigenvalue weighted by molar-refractivity contribution is 6.31. The second-order valence-electron chi connectivity index (χ2n) is 15.7. The van der Waals surface area contributed by atoms with Gasteiger partial charge < -0.3 is 9.80 Å². The van der Waals surface area contributed by atoms with E-state index in [1.54, 1.807) is 0 Å². The van der Waals surface area contributed by atoms with Crippen molar-refractivity contribution in [1.29, 1.82) is 0 Å². The van der Waals surface area contributed by atoms with Gasteiger partial charge >= 0.3 is 0 Å². The molecule has 0 amide bonds. The molecule has 57 heavy (non-hydrogen) atoms. The molecule has 0 fully saturated rings. The molecule has 0 radical (unpaired) electrons. The molecule has 2 heteroatoms. The second kappa shape index (κ2) is 13.0. The number of fused-ring (bicyclic) bond motifs is 5. The summed E-state index contributed by atoms with van der Waals surface area (Å²) in [4.78, 5) is 4.70. The molecule has 0 unspecified atom stereocenters. The fraction of sp³-hybridized carbons (Fsp3) is 0.0545. The highest BCUT2D eigenvalue weighted by atomic mass is 15.1. The zero-order chi connectivity index (χ0) is 38.1. The van der Waals surface area contributed by atoms with Crippen molar-refractivity contribution in [2.24, 2.45) is 0 Å². The second-order valence-corrected chi connectivity index (χ2v) is 15.7. The Hall–Kier alpha value is -7.16. The molecule has 11 rings (SSSR count). The molecule has 0 spiro atoms. The monoisotopic (exact) mass is 728 g/mol. The van der Waals surface area contributed by atoms with Gasteiger partial charge in [0.25, 0.3) is 0 Å². The van der Waals surface area contributed by atoms with Crippen molar-refractivity contribution in [3.05, 3.63) is 217 Å². The quantitative estimate of drug-likeness (QED) is 0.151. The molecular formula is C55H40N2. The lowest BCUT2D eigenvalue weighted by atomic mass is 9.77. The topological polar surface area (TPSA) is 6.48 Å². The SMILES string of the molecule is CC1(C)c2cc(N(c3ccccc3)c3ccccc3)ccc2-c2c1c1cccc3cc(-c4ccc(N(c5ccccc5)c5ccccc5)cc4)c4cccc2c4c31. The number of hydrogen-bond donors (Lipinski definition) is 0. The van der Waals surface area contributed by atoms with Crippen LogP contribution in [0.3, 0.4) is 0 Å². The maximum absolute atomic E-state index is 2.44. The Morgan fingerprint density at radius 3 is 1.40 bits per heavy atom. The maximum Gasteiger partial charge on any atom is 0.0465 e. The summed E-state index contributed by atoms with van der Waals surface area (Å²) >= 11 is 0. The van der Waals surface area contributed by atoms with Crippen molar-refractivity contribution in [2.45, 2.75) is 19.3 Å². The van der Waals surface area contributed by atoms with Crippen LogP contribution in [0.1, 0.15) is 25.0 Å². The van der Waals surface area contributed by atoms with Gasteiger partial charge in [-0.25, -0.2) is 0 Å². The molecule has 0 N–H and O–H groups in total. The van der Waals surface area contributed by atoms with E-state index in [0.29, 0.717) is 0 Å². The number of anilines is 6. The van der Waals surface area contributed by atoms with Crippen LogP contribution in [0.25, 0.3) is 54.6 Å². The molecule has 10 aromatic carbocycles. The summed E-state index contributed by atoms with van der Waals surface area (Å²) in [6, 6.07) is 75.2. The van der Waals surface area contributed by atoms with Crippen LogP contribution in [0.4, 0.5) is 34.1 Å². The molecule has 1 aliphatic rings. The molecule has 0 saturated heterocycles. The summed E-state index contributed by atoms with van der Waals surface area (Å²) in [5.41, 5.74) is 14.6. The molecular weight excluding hydrogens is 689 g/mol. The lowest BCUT2D eigenvalue weighted by molar-refractivity contribution is 0.666. The van der Waals surface area contributed by atoms with Crippen molar-refractivity contribution in [1.82, 2.24) is 0 Å². The van der Waals surface area contributed by atoms with Gasteiger partial charge in [-0.3, -0.25) is 0 Å². The fourth-order valence-electron chi connectivity index (χ4n) is 9.64. The van der Waals surface area contributed by atoms with Crippen molar-refractivity contribution >= 4 is 66.4 Å². The molecule has 0 atom stereocenters. The van der Waals surface area contributed by atoms with Crippen LogP contribution in [-0.2, 0) is 5.41 Å². The van der Waals surface area contributed by atoms with Crippen LogP contribution in [0.15, 0.2) is 206 Å².